The first-order valence-corrected chi connectivity index (χ1v) is 7.63. The van der Waals surface area contributed by atoms with Gasteiger partial charge in [0, 0.05) is 12.1 Å². The largest absolute Gasteiger partial charge is 0.488 e. The predicted octanol–water partition coefficient (Wildman–Crippen LogP) is 4.11. The van der Waals surface area contributed by atoms with Crippen LogP contribution in [-0.2, 0) is 11.3 Å². The summed E-state index contributed by atoms with van der Waals surface area (Å²) in [6.07, 6.45) is 0. The van der Waals surface area contributed by atoms with Crippen molar-refractivity contribution in [2.24, 2.45) is 0 Å². The minimum Gasteiger partial charge on any atom is -0.488 e. The zero-order chi connectivity index (χ0) is 16.8. The number of carbonyl (C=O) groups is 1. The van der Waals surface area contributed by atoms with Gasteiger partial charge in [-0.15, -0.1) is 0 Å². The van der Waals surface area contributed by atoms with Crippen molar-refractivity contribution in [3.63, 3.8) is 0 Å². The number of hydrogen-bond acceptors (Lipinski definition) is 5. The molecule has 0 aromatic heterocycles. The van der Waals surface area contributed by atoms with Crippen LogP contribution >= 0.6 is 15.9 Å². The third kappa shape index (κ3) is 4.53. The van der Waals surface area contributed by atoms with Gasteiger partial charge in [-0.05, 0) is 58.7 Å². The van der Waals surface area contributed by atoms with E-state index in [0.717, 1.165) is 5.56 Å². The average molecular weight is 380 g/mol. The normalized spacial score (nSPS) is 10.2. The molecular formula is C16H14BrNO5. The standard InChI is InChI=1S/C16H14BrNO5/c1-2-22-16(19)12-5-8-15(14(17)9-12)23-10-11-3-6-13(7-4-11)18(20)21/h3-9H,2,10H2,1H3. The highest BCUT2D eigenvalue weighted by Gasteiger charge is 2.10. The van der Waals surface area contributed by atoms with Gasteiger partial charge in [-0.25, -0.2) is 4.79 Å². The van der Waals surface area contributed by atoms with Crippen molar-refractivity contribution >= 4 is 27.6 Å². The molecule has 6 nitrogen and oxygen atoms in total. The lowest BCUT2D eigenvalue weighted by molar-refractivity contribution is -0.384. The molecule has 0 saturated carbocycles. The maximum atomic E-state index is 11.6. The Bertz CT molecular complexity index is 715. The van der Waals surface area contributed by atoms with Gasteiger partial charge in [-0.1, -0.05) is 0 Å². The lowest BCUT2D eigenvalue weighted by Crippen LogP contribution is -2.05. The van der Waals surface area contributed by atoms with E-state index in [-0.39, 0.29) is 12.3 Å². The molecule has 0 aliphatic carbocycles. The van der Waals surface area contributed by atoms with E-state index in [2.05, 4.69) is 15.9 Å². The number of benzene rings is 2. The average Bonchev–Trinajstić information content (AvgIpc) is 2.54. The Kier molecular flexibility index (Phi) is 5.70. The van der Waals surface area contributed by atoms with Crippen LogP contribution in [-0.4, -0.2) is 17.5 Å². The molecule has 0 radical (unpaired) electrons. The summed E-state index contributed by atoms with van der Waals surface area (Å²) in [5.74, 6) is 0.173. The summed E-state index contributed by atoms with van der Waals surface area (Å²) >= 11 is 3.35. The van der Waals surface area contributed by atoms with Gasteiger partial charge in [0.15, 0.2) is 0 Å². The van der Waals surface area contributed by atoms with Crippen LogP contribution in [0.4, 0.5) is 5.69 Å². The Balaban J connectivity index is 2.03. The fraction of sp³-hybridized carbons (Fsp3) is 0.188. The molecular weight excluding hydrogens is 366 g/mol. The number of halogens is 1. The van der Waals surface area contributed by atoms with E-state index in [0.29, 0.717) is 22.4 Å². The Labute approximate surface area is 141 Å². The molecule has 0 spiro atoms. The minimum atomic E-state index is -0.449. The highest BCUT2D eigenvalue weighted by atomic mass is 79.9. The van der Waals surface area contributed by atoms with E-state index in [1.54, 1.807) is 37.3 Å². The number of ether oxygens (including phenoxy) is 2. The lowest BCUT2D eigenvalue weighted by atomic mass is 10.2. The third-order valence-corrected chi connectivity index (χ3v) is 3.60. The molecule has 0 N–H and O–H groups in total. The van der Waals surface area contributed by atoms with Crippen molar-refractivity contribution in [2.45, 2.75) is 13.5 Å². The second kappa shape index (κ2) is 7.73. The monoisotopic (exact) mass is 379 g/mol. The Hall–Kier alpha value is -2.41. The van der Waals surface area contributed by atoms with E-state index < -0.39 is 10.9 Å². The molecule has 2 aromatic carbocycles. The first kappa shape index (κ1) is 17.0. The van der Waals surface area contributed by atoms with Crippen LogP contribution in [0.5, 0.6) is 5.75 Å². The SMILES string of the molecule is CCOC(=O)c1ccc(OCc2ccc([N+](=O)[O-])cc2)c(Br)c1. The molecule has 0 heterocycles. The molecule has 0 bridgehead atoms. The van der Waals surface area contributed by atoms with E-state index in [4.69, 9.17) is 9.47 Å². The lowest BCUT2D eigenvalue weighted by Gasteiger charge is -2.09. The first-order valence-electron chi connectivity index (χ1n) is 6.84. The van der Waals surface area contributed by atoms with E-state index in [9.17, 15) is 14.9 Å². The number of carbonyl (C=O) groups excluding carboxylic acids is 1. The van der Waals surface area contributed by atoms with Crippen LogP contribution in [0.25, 0.3) is 0 Å². The summed E-state index contributed by atoms with van der Waals surface area (Å²) < 4.78 is 11.2. The second-order valence-corrected chi connectivity index (χ2v) is 5.43. The summed E-state index contributed by atoms with van der Waals surface area (Å²) in [4.78, 5) is 21.8. The Morgan fingerprint density at radius 2 is 1.91 bits per heavy atom. The van der Waals surface area contributed by atoms with Gasteiger partial charge >= 0.3 is 5.97 Å². The predicted molar refractivity (Wildman–Crippen MR) is 87.5 cm³/mol. The van der Waals surface area contributed by atoms with Gasteiger partial charge in [0.1, 0.15) is 12.4 Å². The molecule has 0 aliphatic heterocycles. The van der Waals surface area contributed by atoms with Crippen molar-refractivity contribution < 1.29 is 19.2 Å². The Morgan fingerprint density at radius 3 is 2.48 bits per heavy atom. The van der Waals surface area contributed by atoms with Gasteiger partial charge < -0.3 is 9.47 Å². The first-order chi connectivity index (χ1) is 11.0. The van der Waals surface area contributed by atoms with E-state index in [1.165, 1.54) is 12.1 Å². The number of rotatable bonds is 6. The number of esters is 1. The fourth-order valence-corrected chi connectivity index (χ4v) is 2.33. The molecule has 0 unspecified atom stereocenters. The van der Waals surface area contributed by atoms with Crippen molar-refractivity contribution in [3.05, 3.63) is 68.2 Å². The third-order valence-electron chi connectivity index (χ3n) is 2.98. The molecule has 2 rings (SSSR count). The maximum absolute atomic E-state index is 11.6. The Morgan fingerprint density at radius 1 is 1.22 bits per heavy atom. The highest BCUT2D eigenvalue weighted by molar-refractivity contribution is 9.10. The van der Waals surface area contributed by atoms with Crippen molar-refractivity contribution in [3.8, 4) is 5.75 Å². The van der Waals surface area contributed by atoms with Gasteiger partial charge in [-0.2, -0.15) is 0 Å². The maximum Gasteiger partial charge on any atom is 0.338 e. The number of nitro benzene ring substituents is 1. The van der Waals surface area contributed by atoms with E-state index in [1.807, 2.05) is 0 Å². The summed E-state index contributed by atoms with van der Waals surface area (Å²) in [6.45, 7) is 2.32. The molecule has 0 amide bonds. The van der Waals surface area contributed by atoms with Crippen molar-refractivity contribution in [1.29, 1.82) is 0 Å². The van der Waals surface area contributed by atoms with Gasteiger partial charge in [0.2, 0.25) is 0 Å². The highest BCUT2D eigenvalue weighted by Crippen LogP contribution is 2.27. The molecule has 120 valence electrons. The zero-order valence-corrected chi connectivity index (χ0v) is 13.9. The summed E-state index contributed by atoms with van der Waals surface area (Å²) in [6, 6.07) is 11.0. The van der Waals surface area contributed by atoms with Crippen LogP contribution in [0.15, 0.2) is 46.9 Å². The van der Waals surface area contributed by atoms with Crippen LogP contribution < -0.4 is 4.74 Å². The molecule has 0 saturated heterocycles. The molecule has 7 heteroatoms. The minimum absolute atomic E-state index is 0.0359. The quantitative estimate of drug-likeness (QED) is 0.428. The van der Waals surface area contributed by atoms with Crippen LogP contribution in [0.1, 0.15) is 22.8 Å². The second-order valence-electron chi connectivity index (χ2n) is 4.58. The summed E-state index contributed by atoms with van der Waals surface area (Å²) in [5, 5.41) is 10.6. The smallest absolute Gasteiger partial charge is 0.338 e. The number of non-ortho nitro benzene ring substituents is 1. The summed E-state index contributed by atoms with van der Waals surface area (Å²) in [7, 11) is 0. The van der Waals surface area contributed by atoms with Crippen LogP contribution in [0.3, 0.4) is 0 Å². The van der Waals surface area contributed by atoms with Gasteiger partial charge in [0.25, 0.3) is 5.69 Å². The van der Waals surface area contributed by atoms with E-state index >= 15 is 0 Å². The molecule has 0 atom stereocenters. The number of nitro groups is 1. The molecule has 0 aliphatic rings. The fourth-order valence-electron chi connectivity index (χ4n) is 1.83. The van der Waals surface area contributed by atoms with Crippen LogP contribution in [0.2, 0.25) is 0 Å². The zero-order valence-electron chi connectivity index (χ0n) is 12.3. The van der Waals surface area contributed by atoms with Gasteiger partial charge in [0.05, 0.1) is 21.6 Å². The molecule has 2 aromatic rings. The summed E-state index contributed by atoms with van der Waals surface area (Å²) in [5.41, 5.74) is 1.27. The van der Waals surface area contributed by atoms with Crippen molar-refractivity contribution in [2.75, 3.05) is 6.61 Å². The molecule has 23 heavy (non-hydrogen) atoms. The number of nitrogens with zero attached hydrogens (tertiary/aromatic N) is 1. The topological polar surface area (TPSA) is 78.7 Å². The molecule has 0 fully saturated rings. The number of hydrogen-bond donors (Lipinski definition) is 0. The van der Waals surface area contributed by atoms with Crippen LogP contribution in [0, 0.1) is 10.1 Å². The van der Waals surface area contributed by atoms with Crippen molar-refractivity contribution in [1.82, 2.24) is 0 Å². The van der Waals surface area contributed by atoms with Gasteiger partial charge in [-0.3, -0.25) is 10.1 Å².